The third kappa shape index (κ3) is 2.86. The Labute approximate surface area is 191 Å². The predicted molar refractivity (Wildman–Crippen MR) is 126 cm³/mol. The van der Waals surface area contributed by atoms with Gasteiger partial charge in [-0.2, -0.15) is 0 Å². The highest BCUT2D eigenvalue weighted by atomic mass is 32.9. The van der Waals surface area contributed by atoms with Crippen molar-refractivity contribution in [2.24, 2.45) is 0 Å². The van der Waals surface area contributed by atoms with E-state index in [-0.39, 0.29) is 12.5 Å². The lowest BCUT2D eigenvalue weighted by atomic mass is 9.87. The van der Waals surface area contributed by atoms with Crippen molar-refractivity contribution in [3.63, 3.8) is 0 Å². The Morgan fingerprint density at radius 2 is 1.65 bits per heavy atom. The van der Waals surface area contributed by atoms with Gasteiger partial charge < -0.3 is 0 Å². The summed E-state index contributed by atoms with van der Waals surface area (Å²) in [4.78, 5) is 43.1. The molecule has 2 aliphatic rings. The SMILES string of the molecule is Cc1ccc2c(c1)N(C(=O)CN1C(=O)c3ccccc3C1=O)C(C)(C)c1ssc(=S)c1-2. The second-order valence-corrected chi connectivity index (χ2v) is 11.0. The van der Waals surface area contributed by atoms with Crippen molar-refractivity contribution in [1.29, 1.82) is 0 Å². The average Bonchev–Trinajstić information content (AvgIpc) is 3.23. The second-order valence-electron chi connectivity index (χ2n) is 8.21. The van der Waals surface area contributed by atoms with Gasteiger partial charge in [0.2, 0.25) is 5.91 Å². The van der Waals surface area contributed by atoms with Crippen molar-refractivity contribution in [1.82, 2.24) is 4.90 Å². The van der Waals surface area contributed by atoms with Crippen LogP contribution in [-0.2, 0) is 10.3 Å². The molecule has 2 aliphatic heterocycles. The first-order valence-corrected chi connectivity index (χ1v) is 12.3. The van der Waals surface area contributed by atoms with Gasteiger partial charge in [0, 0.05) is 11.1 Å². The number of carbonyl (C=O) groups excluding carboxylic acids is 3. The van der Waals surface area contributed by atoms with E-state index in [4.69, 9.17) is 12.2 Å². The summed E-state index contributed by atoms with van der Waals surface area (Å²) in [7, 11) is 3.11. The van der Waals surface area contributed by atoms with Crippen molar-refractivity contribution in [3.8, 4) is 11.1 Å². The first kappa shape index (κ1) is 20.2. The summed E-state index contributed by atoms with van der Waals surface area (Å²) < 4.78 is 0.811. The maximum Gasteiger partial charge on any atom is 0.262 e. The highest BCUT2D eigenvalue weighted by Crippen LogP contribution is 2.52. The number of hydrogen-bond acceptors (Lipinski definition) is 6. The van der Waals surface area contributed by atoms with E-state index in [0.29, 0.717) is 11.1 Å². The highest BCUT2D eigenvalue weighted by molar-refractivity contribution is 7.80. The van der Waals surface area contributed by atoms with Crippen molar-refractivity contribution in [2.45, 2.75) is 26.3 Å². The Balaban J connectivity index is 1.58. The first-order valence-electron chi connectivity index (χ1n) is 9.74. The Morgan fingerprint density at radius 3 is 2.29 bits per heavy atom. The molecule has 5 nitrogen and oxygen atoms in total. The Hall–Kier alpha value is -2.68. The third-order valence-corrected chi connectivity index (χ3v) is 9.16. The van der Waals surface area contributed by atoms with Crippen molar-refractivity contribution >= 4 is 56.3 Å². The topological polar surface area (TPSA) is 57.7 Å². The quantitative estimate of drug-likeness (QED) is 0.289. The first-order chi connectivity index (χ1) is 14.7. The van der Waals surface area contributed by atoms with Crippen LogP contribution >= 0.6 is 32.9 Å². The monoisotopic (exact) mass is 466 g/mol. The number of hydrogen-bond donors (Lipinski definition) is 0. The molecule has 0 N–H and O–H groups in total. The van der Waals surface area contributed by atoms with Gasteiger partial charge in [-0.3, -0.25) is 24.2 Å². The minimum Gasteiger partial charge on any atom is -0.300 e. The van der Waals surface area contributed by atoms with Gasteiger partial charge in [0.25, 0.3) is 11.8 Å². The summed E-state index contributed by atoms with van der Waals surface area (Å²) in [6.07, 6.45) is 0. The summed E-state index contributed by atoms with van der Waals surface area (Å²) >= 11 is 5.60. The predicted octanol–water partition coefficient (Wildman–Crippen LogP) is 5.39. The normalized spacial score (nSPS) is 16.2. The number of aryl methyl sites for hydroxylation is 1. The Kier molecular flexibility index (Phi) is 4.51. The molecule has 5 rings (SSSR count). The molecule has 0 unspecified atom stereocenters. The molecule has 0 atom stereocenters. The number of rotatable bonds is 2. The molecule has 0 saturated heterocycles. The van der Waals surface area contributed by atoms with Gasteiger partial charge in [-0.1, -0.05) is 57.2 Å². The Bertz CT molecular complexity index is 1320. The molecule has 0 radical (unpaired) electrons. The standard InChI is InChI=1S/C23H18N2O3S3/c1-12-8-9-15-16(10-12)25(23(2,3)19-18(15)22(29)31-30-19)17(26)11-24-20(27)13-6-4-5-7-14(13)21(24)28/h4-10H,11H2,1-3H3. The van der Waals surface area contributed by atoms with E-state index >= 15 is 0 Å². The molecule has 156 valence electrons. The van der Waals surface area contributed by atoms with Gasteiger partial charge in [-0.15, -0.1) is 0 Å². The molecule has 0 bridgehead atoms. The molecule has 3 aromatic rings. The highest BCUT2D eigenvalue weighted by Gasteiger charge is 2.45. The number of amides is 3. The summed E-state index contributed by atoms with van der Waals surface area (Å²) in [5, 5.41) is 0. The molecule has 3 amide bonds. The van der Waals surface area contributed by atoms with Gasteiger partial charge in [0.1, 0.15) is 10.4 Å². The number of fused-ring (bicyclic) bond motifs is 4. The summed E-state index contributed by atoms with van der Waals surface area (Å²) in [5.74, 6) is -1.17. The van der Waals surface area contributed by atoms with Crippen LogP contribution in [0, 0.1) is 10.7 Å². The van der Waals surface area contributed by atoms with E-state index in [1.807, 2.05) is 39.0 Å². The van der Waals surface area contributed by atoms with Gasteiger partial charge in [-0.05, 0) is 44.5 Å². The van der Waals surface area contributed by atoms with Gasteiger partial charge in [0.05, 0.1) is 27.2 Å². The Morgan fingerprint density at radius 1 is 1.00 bits per heavy atom. The summed E-state index contributed by atoms with van der Waals surface area (Å²) in [5.41, 5.74) is 3.72. The molecule has 0 spiro atoms. The van der Waals surface area contributed by atoms with Crippen molar-refractivity contribution in [2.75, 3.05) is 11.4 Å². The number of anilines is 1. The summed E-state index contributed by atoms with van der Waals surface area (Å²) in [6, 6.07) is 12.6. The lowest BCUT2D eigenvalue weighted by molar-refractivity contribution is -0.120. The molecule has 3 heterocycles. The molecular weight excluding hydrogens is 448 g/mol. The number of carbonyl (C=O) groups is 3. The molecule has 31 heavy (non-hydrogen) atoms. The molecule has 1 aromatic heterocycles. The largest absolute Gasteiger partial charge is 0.300 e. The third-order valence-electron chi connectivity index (χ3n) is 5.83. The molecule has 0 fully saturated rings. The van der Waals surface area contributed by atoms with Crippen LogP contribution < -0.4 is 4.90 Å². The van der Waals surface area contributed by atoms with E-state index in [9.17, 15) is 14.4 Å². The minimum absolute atomic E-state index is 0.304. The minimum atomic E-state index is -0.663. The van der Waals surface area contributed by atoms with Gasteiger partial charge >= 0.3 is 0 Å². The molecule has 2 aromatic carbocycles. The zero-order valence-electron chi connectivity index (χ0n) is 17.1. The van der Waals surface area contributed by atoms with Crippen LogP contribution in [0.25, 0.3) is 11.1 Å². The fourth-order valence-corrected chi connectivity index (χ4v) is 7.65. The fourth-order valence-electron chi connectivity index (χ4n) is 4.37. The van der Waals surface area contributed by atoms with Crippen LogP contribution in [0.3, 0.4) is 0 Å². The van der Waals surface area contributed by atoms with E-state index in [2.05, 4.69) is 0 Å². The van der Waals surface area contributed by atoms with Crippen LogP contribution in [0.15, 0.2) is 42.5 Å². The molecule has 0 aliphatic carbocycles. The zero-order valence-corrected chi connectivity index (χ0v) is 19.5. The average molecular weight is 467 g/mol. The fraction of sp³-hybridized carbons (Fsp3) is 0.217. The van der Waals surface area contributed by atoms with E-state index in [1.54, 1.807) is 39.5 Å². The van der Waals surface area contributed by atoms with E-state index in [1.165, 1.54) is 10.3 Å². The van der Waals surface area contributed by atoms with E-state index in [0.717, 1.165) is 36.0 Å². The lowest BCUT2D eigenvalue weighted by Gasteiger charge is -2.43. The second kappa shape index (κ2) is 6.91. The van der Waals surface area contributed by atoms with Gasteiger partial charge in [-0.25, -0.2) is 0 Å². The maximum atomic E-state index is 13.7. The van der Waals surface area contributed by atoms with Crippen LogP contribution in [0.4, 0.5) is 5.69 Å². The van der Waals surface area contributed by atoms with Crippen molar-refractivity contribution in [3.05, 3.63) is 67.9 Å². The van der Waals surface area contributed by atoms with Crippen molar-refractivity contribution < 1.29 is 14.4 Å². The molecule has 8 heteroatoms. The van der Waals surface area contributed by atoms with Gasteiger partial charge in [0.15, 0.2) is 0 Å². The molecular formula is C23H18N2O3S3. The van der Waals surface area contributed by atoms with Crippen LogP contribution in [0.1, 0.15) is 45.0 Å². The number of benzene rings is 2. The van der Waals surface area contributed by atoms with Crippen LogP contribution in [-0.4, -0.2) is 29.2 Å². The number of nitrogens with zero attached hydrogens (tertiary/aromatic N) is 2. The lowest BCUT2D eigenvalue weighted by Crippen LogP contribution is -2.52. The zero-order chi connectivity index (χ0) is 22.1. The summed E-state index contributed by atoms with van der Waals surface area (Å²) in [6.45, 7) is 5.62. The number of imide groups is 1. The van der Waals surface area contributed by atoms with Crippen LogP contribution in [0.2, 0.25) is 0 Å². The molecule has 0 saturated carbocycles. The van der Waals surface area contributed by atoms with E-state index < -0.39 is 17.4 Å². The van der Waals surface area contributed by atoms with Crippen LogP contribution in [0.5, 0.6) is 0 Å². The smallest absolute Gasteiger partial charge is 0.262 e. The maximum absolute atomic E-state index is 13.7.